The molecule has 2 heteroatoms. The Morgan fingerprint density at radius 3 is 2.64 bits per heavy atom. The highest BCUT2D eigenvalue weighted by molar-refractivity contribution is 5.52. The molecule has 0 aromatic heterocycles. The predicted octanol–water partition coefficient (Wildman–Crippen LogP) is 2.45. The van der Waals surface area contributed by atoms with Gasteiger partial charge in [0.05, 0.1) is 7.11 Å². The normalized spacial score (nSPS) is 12.0. The van der Waals surface area contributed by atoms with E-state index in [1.807, 2.05) is 50.3 Å². The van der Waals surface area contributed by atoms with Gasteiger partial charge in [-0.25, -0.2) is 0 Å². The van der Waals surface area contributed by atoms with Crippen molar-refractivity contribution in [3.63, 3.8) is 0 Å². The summed E-state index contributed by atoms with van der Waals surface area (Å²) in [5.41, 5.74) is 6.66. The van der Waals surface area contributed by atoms with Gasteiger partial charge in [-0.2, -0.15) is 0 Å². The Kier molecular flexibility index (Phi) is 3.31. The van der Waals surface area contributed by atoms with Crippen molar-refractivity contribution in [3.05, 3.63) is 35.9 Å². The molecule has 14 heavy (non-hydrogen) atoms. The lowest BCUT2D eigenvalue weighted by Crippen LogP contribution is -2.28. The summed E-state index contributed by atoms with van der Waals surface area (Å²) in [6, 6.07) is 7.87. The van der Waals surface area contributed by atoms with Gasteiger partial charge in [-0.1, -0.05) is 24.3 Å². The molecule has 1 aromatic rings. The van der Waals surface area contributed by atoms with Crippen LogP contribution >= 0.6 is 0 Å². The summed E-state index contributed by atoms with van der Waals surface area (Å²) in [4.78, 5) is 0. The van der Waals surface area contributed by atoms with E-state index in [-0.39, 0.29) is 5.54 Å². The van der Waals surface area contributed by atoms with E-state index < -0.39 is 0 Å². The van der Waals surface area contributed by atoms with Crippen molar-refractivity contribution in [1.29, 1.82) is 0 Å². The lowest BCUT2D eigenvalue weighted by molar-refractivity contribution is 0.414. The fourth-order valence-electron chi connectivity index (χ4n) is 1.06. The Morgan fingerprint density at radius 2 is 2.07 bits per heavy atom. The van der Waals surface area contributed by atoms with E-state index in [1.54, 1.807) is 7.11 Å². The number of methoxy groups -OCH3 is 1. The van der Waals surface area contributed by atoms with E-state index in [2.05, 4.69) is 0 Å². The molecule has 0 heterocycles. The molecule has 0 aliphatic carbocycles. The second kappa shape index (κ2) is 4.29. The van der Waals surface area contributed by atoms with Crippen molar-refractivity contribution < 1.29 is 4.74 Å². The highest BCUT2D eigenvalue weighted by Gasteiger charge is 2.03. The largest absolute Gasteiger partial charge is 0.497 e. The van der Waals surface area contributed by atoms with Gasteiger partial charge in [0.2, 0.25) is 0 Å². The van der Waals surface area contributed by atoms with Gasteiger partial charge in [0, 0.05) is 5.54 Å². The number of hydrogen-bond donors (Lipinski definition) is 1. The summed E-state index contributed by atoms with van der Waals surface area (Å²) >= 11 is 0. The molecule has 1 rings (SSSR count). The third kappa shape index (κ3) is 3.62. The minimum Gasteiger partial charge on any atom is -0.497 e. The van der Waals surface area contributed by atoms with E-state index >= 15 is 0 Å². The van der Waals surface area contributed by atoms with Crippen LogP contribution in [-0.4, -0.2) is 12.6 Å². The second-order valence-electron chi connectivity index (χ2n) is 3.93. The molecule has 0 saturated carbocycles. The summed E-state index contributed by atoms with van der Waals surface area (Å²) in [6.07, 6.45) is 3.98. The van der Waals surface area contributed by atoms with E-state index in [4.69, 9.17) is 10.5 Å². The van der Waals surface area contributed by atoms with Crippen molar-refractivity contribution >= 4 is 6.08 Å². The van der Waals surface area contributed by atoms with Gasteiger partial charge in [0.1, 0.15) is 5.75 Å². The van der Waals surface area contributed by atoms with Crippen LogP contribution in [0.1, 0.15) is 19.4 Å². The highest BCUT2D eigenvalue weighted by atomic mass is 16.5. The first-order valence-corrected chi connectivity index (χ1v) is 4.63. The fraction of sp³-hybridized carbons (Fsp3) is 0.333. The molecule has 0 radical (unpaired) electrons. The van der Waals surface area contributed by atoms with Crippen LogP contribution in [0.15, 0.2) is 30.3 Å². The minimum absolute atomic E-state index is 0.275. The number of benzene rings is 1. The lowest BCUT2D eigenvalue weighted by Gasteiger charge is -2.11. The summed E-state index contributed by atoms with van der Waals surface area (Å²) < 4.78 is 5.12. The van der Waals surface area contributed by atoms with Gasteiger partial charge in [-0.3, -0.25) is 0 Å². The molecule has 0 spiro atoms. The number of ether oxygens (including phenoxy) is 1. The van der Waals surface area contributed by atoms with Crippen LogP contribution in [-0.2, 0) is 0 Å². The Bertz CT molecular complexity index is 323. The smallest absolute Gasteiger partial charge is 0.119 e. The fourth-order valence-corrected chi connectivity index (χ4v) is 1.06. The van der Waals surface area contributed by atoms with Crippen LogP contribution in [0.3, 0.4) is 0 Å². The quantitative estimate of drug-likeness (QED) is 0.796. The van der Waals surface area contributed by atoms with Crippen LogP contribution in [0.4, 0.5) is 0 Å². The maximum Gasteiger partial charge on any atom is 0.119 e. The van der Waals surface area contributed by atoms with Gasteiger partial charge < -0.3 is 10.5 Å². The zero-order chi connectivity index (χ0) is 10.6. The minimum atomic E-state index is -0.275. The third-order valence-electron chi connectivity index (χ3n) is 1.80. The predicted molar refractivity (Wildman–Crippen MR) is 60.3 cm³/mol. The van der Waals surface area contributed by atoms with E-state index in [1.165, 1.54) is 0 Å². The summed E-state index contributed by atoms with van der Waals surface area (Å²) in [6.45, 7) is 3.92. The molecular weight excluding hydrogens is 174 g/mol. The van der Waals surface area contributed by atoms with E-state index in [9.17, 15) is 0 Å². The number of nitrogens with two attached hydrogens (primary N) is 1. The van der Waals surface area contributed by atoms with E-state index in [0.717, 1.165) is 11.3 Å². The van der Waals surface area contributed by atoms with Crippen molar-refractivity contribution in [2.75, 3.05) is 7.11 Å². The van der Waals surface area contributed by atoms with Crippen LogP contribution in [0.5, 0.6) is 5.75 Å². The van der Waals surface area contributed by atoms with Crippen LogP contribution in [0.25, 0.3) is 6.08 Å². The molecule has 0 amide bonds. The molecule has 0 fully saturated rings. The first kappa shape index (κ1) is 10.8. The molecule has 0 aliphatic rings. The average molecular weight is 191 g/mol. The van der Waals surface area contributed by atoms with Crippen molar-refractivity contribution in [2.24, 2.45) is 5.73 Å². The van der Waals surface area contributed by atoms with Gasteiger partial charge in [0.15, 0.2) is 0 Å². The molecule has 2 nitrogen and oxygen atoms in total. The monoisotopic (exact) mass is 191 g/mol. The average Bonchev–Trinajstić information content (AvgIpc) is 2.14. The topological polar surface area (TPSA) is 35.2 Å². The lowest BCUT2D eigenvalue weighted by atomic mass is 10.0. The molecule has 0 unspecified atom stereocenters. The third-order valence-corrected chi connectivity index (χ3v) is 1.80. The van der Waals surface area contributed by atoms with Crippen molar-refractivity contribution in [2.45, 2.75) is 19.4 Å². The van der Waals surface area contributed by atoms with Gasteiger partial charge in [0.25, 0.3) is 0 Å². The molecule has 0 saturated heterocycles. The molecule has 0 aliphatic heterocycles. The van der Waals surface area contributed by atoms with Crippen LogP contribution < -0.4 is 10.5 Å². The SMILES string of the molecule is COc1cccc(/C=C/C(C)(C)N)c1. The van der Waals surface area contributed by atoms with Gasteiger partial charge >= 0.3 is 0 Å². The zero-order valence-electron chi connectivity index (χ0n) is 8.95. The Labute approximate surface area is 85.4 Å². The van der Waals surface area contributed by atoms with Gasteiger partial charge in [-0.15, -0.1) is 0 Å². The Balaban J connectivity index is 2.82. The Morgan fingerprint density at radius 1 is 1.36 bits per heavy atom. The van der Waals surface area contributed by atoms with Crippen LogP contribution in [0, 0.1) is 0 Å². The summed E-state index contributed by atoms with van der Waals surface area (Å²) in [5, 5.41) is 0. The molecule has 76 valence electrons. The molecule has 0 bridgehead atoms. The maximum absolute atomic E-state index is 5.84. The van der Waals surface area contributed by atoms with E-state index in [0.29, 0.717) is 0 Å². The number of rotatable bonds is 3. The first-order chi connectivity index (χ1) is 6.51. The first-order valence-electron chi connectivity index (χ1n) is 4.63. The van der Waals surface area contributed by atoms with Crippen LogP contribution in [0.2, 0.25) is 0 Å². The molecule has 0 atom stereocenters. The zero-order valence-corrected chi connectivity index (χ0v) is 8.95. The maximum atomic E-state index is 5.84. The van der Waals surface area contributed by atoms with Crippen molar-refractivity contribution in [3.8, 4) is 5.75 Å². The highest BCUT2D eigenvalue weighted by Crippen LogP contribution is 2.14. The molecule has 1 aromatic carbocycles. The van der Waals surface area contributed by atoms with Gasteiger partial charge in [-0.05, 0) is 31.5 Å². The molecular formula is C12H17NO. The Hall–Kier alpha value is -1.28. The summed E-state index contributed by atoms with van der Waals surface area (Å²) in [5.74, 6) is 0.863. The summed E-state index contributed by atoms with van der Waals surface area (Å²) in [7, 11) is 1.66. The van der Waals surface area contributed by atoms with Crippen molar-refractivity contribution in [1.82, 2.24) is 0 Å². The number of hydrogen-bond acceptors (Lipinski definition) is 2. The standard InChI is InChI=1S/C12H17NO/c1-12(2,13)8-7-10-5-4-6-11(9-10)14-3/h4-9H,13H2,1-3H3/b8-7+. The second-order valence-corrected chi connectivity index (χ2v) is 3.93. The molecule has 2 N–H and O–H groups in total.